The Balaban J connectivity index is 1.85. The lowest BCUT2D eigenvalue weighted by Gasteiger charge is -2.15. The molecule has 0 spiro atoms. The van der Waals surface area contributed by atoms with Crippen LogP contribution in [-0.2, 0) is 9.59 Å². The minimum Gasteiger partial charge on any atom is -0.463 e. The zero-order chi connectivity index (χ0) is 16.3. The molecule has 1 aromatic heterocycles. The first-order valence-corrected chi connectivity index (χ1v) is 6.82. The van der Waals surface area contributed by atoms with E-state index in [2.05, 4.69) is 15.8 Å². The van der Waals surface area contributed by atoms with Crippen LogP contribution in [0.3, 0.4) is 0 Å². The fourth-order valence-corrected chi connectivity index (χ4v) is 1.98. The van der Waals surface area contributed by atoms with E-state index in [4.69, 9.17) is 4.42 Å². The number of urea groups is 1. The minimum atomic E-state index is -0.929. The maximum absolute atomic E-state index is 11.9. The molecular formula is C14H18N4O4. The van der Waals surface area contributed by atoms with Crippen LogP contribution in [0.2, 0.25) is 0 Å². The highest BCUT2D eigenvalue weighted by Gasteiger charge is 2.43. The second kappa shape index (κ2) is 6.00. The number of imide groups is 1. The second-order valence-electron chi connectivity index (χ2n) is 5.47. The van der Waals surface area contributed by atoms with Gasteiger partial charge in [0.25, 0.3) is 5.91 Å². The first-order chi connectivity index (χ1) is 10.3. The van der Waals surface area contributed by atoms with Crippen molar-refractivity contribution in [3.05, 3.63) is 24.2 Å². The van der Waals surface area contributed by atoms with E-state index in [1.165, 1.54) is 6.26 Å². The zero-order valence-corrected chi connectivity index (χ0v) is 12.7. The number of rotatable bonds is 5. The molecule has 118 valence electrons. The highest BCUT2D eigenvalue weighted by Crippen LogP contribution is 2.16. The van der Waals surface area contributed by atoms with Crippen LogP contribution >= 0.6 is 0 Å². The van der Waals surface area contributed by atoms with Crippen molar-refractivity contribution >= 4 is 23.6 Å². The minimum absolute atomic E-state index is 0.00918. The number of furan rings is 1. The molecule has 1 saturated heterocycles. The van der Waals surface area contributed by atoms with Crippen molar-refractivity contribution in [1.29, 1.82) is 0 Å². The maximum Gasteiger partial charge on any atom is 0.325 e. The normalized spacial score (nSPS) is 17.6. The Labute approximate surface area is 127 Å². The molecule has 22 heavy (non-hydrogen) atoms. The van der Waals surface area contributed by atoms with Gasteiger partial charge in [-0.25, -0.2) is 10.2 Å². The van der Waals surface area contributed by atoms with Crippen molar-refractivity contribution in [2.75, 3.05) is 6.54 Å². The number of carbonyl (C=O) groups excluding carboxylic acids is 3. The van der Waals surface area contributed by atoms with Crippen molar-refractivity contribution < 1.29 is 18.8 Å². The molecule has 1 aliphatic rings. The summed E-state index contributed by atoms with van der Waals surface area (Å²) in [5.74, 6) is -0.187. The van der Waals surface area contributed by atoms with Gasteiger partial charge in [-0.3, -0.25) is 14.5 Å². The summed E-state index contributed by atoms with van der Waals surface area (Å²) < 4.78 is 5.13. The van der Waals surface area contributed by atoms with E-state index in [-0.39, 0.29) is 18.9 Å². The largest absolute Gasteiger partial charge is 0.463 e. The van der Waals surface area contributed by atoms with E-state index in [0.717, 1.165) is 4.90 Å². The van der Waals surface area contributed by atoms with Crippen LogP contribution in [0.4, 0.5) is 4.79 Å². The van der Waals surface area contributed by atoms with Gasteiger partial charge in [0.1, 0.15) is 17.0 Å². The number of hydrogen-bond acceptors (Lipinski definition) is 5. The molecule has 0 aliphatic carbocycles. The molecule has 8 heteroatoms. The Bertz CT molecular complexity index is 619. The van der Waals surface area contributed by atoms with Crippen LogP contribution in [0.15, 0.2) is 27.9 Å². The van der Waals surface area contributed by atoms with Crippen LogP contribution in [0.1, 0.15) is 33.0 Å². The van der Waals surface area contributed by atoms with Crippen LogP contribution in [0.25, 0.3) is 0 Å². The summed E-state index contributed by atoms with van der Waals surface area (Å²) in [5.41, 5.74) is 1.96. The van der Waals surface area contributed by atoms with Gasteiger partial charge in [-0.05, 0) is 32.9 Å². The zero-order valence-electron chi connectivity index (χ0n) is 12.7. The lowest BCUT2D eigenvalue weighted by molar-refractivity contribution is -0.130. The van der Waals surface area contributed by atoms with E-state index in [1.807, 2.05) is 0 Å². The molecule has 1 aromatic rings. The Morgan fingerprint density at radius 2 is 2.18 bits per heavy atom. The highest BCUT2D eigenvalue weighted by molar-refractivity contribution is 6.06. The van der Waals surface area contributed by atoms with Crippen LogP contribution < -0.4 is 10.7 Å². The average Bonchev–Trinajstić information content (AvgIpc) is 3.03. The maximum atomic E-state index is 11.9. The molecule has 0 unspecified atom stereocenters. The predicted octanol–water partition coefficient (Wildman–Crippen LogP) is 0.840. The molecule has 0 atom stereocenters. The van der Waals surface area contributed by atoms with Crippen molar-refractivity contribution in [1.82, 2.24) is 15.6 Å². The monoisotopic (exact) mass is 306 g/mol. The van der Waals surface area contributed by atoms with E-state index in [9.17, 15) is 14.4 Å². The summed E-state index contributed by atoms with van der Waals surface area (Å²) in [6, 6.07) is 2.95. The van der Waals surface area contributed by atoms with Crippen LogP contribution in [0, 0.1) is 0 Å². The van der Waals surface area contributed by atoms with Crippen molar-refractivity contribution in [3.8, 4) is 0 Å². The molecule has 2 heterocycles. The molecule has 8 nitrogen and oxygen atoms in total. The number of carbonyl (C=O) groups is 3. The fraction of sp³-hybridized carbons (Fsp3) is 0.429. The number of hydrazone groups is 1. The SMILES string of the molecule is C/C(=N/NC(=O)CCN1C(=O)NC(C)(C)C1=O)c1ccco1. The molecule has 1 aliphatic heterocycles. The molecule has 0 aromatic carbocycles. The Kier molecular flexibility index (Phi) is 4.30. The topological polar surface area (TPSA) is 104 Å². The van der Waals surface area contributed by atoms with Crippen LogP contribution in [-0.4, -0.2) is 40.5 Å². The molecule has 0 saturated carbocycles. The Morgan fingerprint density at radius 3 is 2.73 bits per heavy atom. The predicted molar refractivity (Wildman–Crippen MR) is 78.0 cm³/mol. The quantitative estimate of drug-likeness (QED) is 0.478. The van der Waals surface area contributed by atoms with Crippen molar-refractivity contribution in [3.63, 3.8) is 0 Å². The van der Waals surface area contributed by atoms with Crippen molar-refractivity contribution in [2.45, 2.75) is 32.7 Å². The molecule has 2 N–H and O–H groups in total. The van der Waals surface area contributed by atoms with Gasteiger partial charge in [0.2, 0.25) is 5.91 Å². The molecule has 0 bridgehead atoms. The smallest absolute Gasteiger partial charge is 0.325 e. The average molecular weight is 306 g/mol. The first-order valence-electron chi connectivity index (χ1n) is 6.82. The van der Waals surface area contributed by atoms with Gasteiger partial charge >= 0.3 is 6.03 Å². The Hall–Kier alpha value is -2.64. The van der Waals surface area contributed by atoms with Gasteiger partial charge in [0.15, 0.2) is 0 Å². The standard InChI is InChI=1S/C14H18N4O4/c1-9(10-5-4-8-22-10)16-17-11(19)6-7-18-12(20)14(2,3)15-13(18)21/h4-5,8H,6-7H2,1-3H3,(H,15,21)(H,17,19)/b16-9-. The number of hydrogen-bond donors (Lipinski definition) is 2. The van der Waals surface area contributed by atoms with E-state index in [1.54, 1.807) is 32.9 Å². The first kappa shape index (κ1) is 15.7. The van der Waals surface area contributed by atoms with Gasteiger partial charge in [-0.2, -0.15) is 5.10 Å². The number of amides is 4. The summed E-state index contributed by atoms with van der Waals surface area (Å²) in [7, 11) is 0. The van der Waals surface area contributed by atoms with Gasteiger partial charge in [0.05, 0.1) is 6.26 Å². The number of nitrogens with zero attached hydrogens (tertiary/aromatic N) is 2. The van der Waals surface area contributed by atoms with E-state index in [0.29, 0.717) is 11.5 Å². The highest BCUT2D eigenvalue weighted by atomic mass is 16.3. The summed E-state index contributed by atoms with van der Waals surface area (Å²) in [6.07, 6.45) is 1.49. The molecule has 2 rings (SSSR count). The number of nitrogens with one attached hydrogen (secondary N) is 2. The molecular weight excluding hydrogens is 288 g/mol. The van der Waals surface area contributed by atoms with Gasteiger partial charge in [-0.15, -0.1) is 0 Å². The third kappa shape index (κ3) is 3.33. The van der Waals surface area contributed by atoms with E-state index >= 15 is 0 Å². The summed E-state index contributed by atoms with van der Waals surface area (Å²) in [6.45, 7) is 4.93. The second-order valence-corrected chi connectivity index (χ2v) is 5.47. The fourth-order valence-electron chi connectivity index (χ4n) is 1.98. The lowest BCUT2D eigenvalue weighted by atomic mass is 10.1. The van der Waals surface area contributed by atoms with Gasteiger partial charge < -0.3 is 9.73 Å². The Morgan fingerprint density at radius 1 is 1.45 bits per heavy atom. The summed E-state index contributed by atoms with van der Waals surface area (Å²) in [5, 5.41) is 6.45. The van der Waals surface area contributed by atoms with Crippen molar-refractivity contribution in [2.24, 2.45) is 5.10 Å². The van der Waals surface area contributed by atoms with Gasteiger partial charge in [0, 0.05) is 13.0 Å². The molecule has 0 radical (unpaired) electrons. The molecule has 4 amide bonds. The van der Waals surface area contributed by atoms with Crippen LogP contribution in [0.5, 0.6) is 0 Å². The molecule has 1 fully saturated rings. The third-order valence-corrected chi connectivity index (χ3v) is 3.23. The summed E-state index contributed by atoms with van der Waals surface area (Å²) in [4.78, 5) is 36.4. The van der Waals surface area contributed by atoms with Gasteiger partial charge in [-0.1, -0.05) is 0 Å². The summed E-state index contributed by atoms with van der Waals surface area (Å²) >= 11 is 0. The third-order valence-electron chi connectivity index (χ3n) is 3.23. The van der Waals surface area contributed by atoms with E-state index < -0.39 is 17.5 Å². The lowest BCUT2D eigenvalue weighted by Crippen LogP contribution is -2.40.